The highest BCUT2D eigenvalue weighted by Crippen LogP contribution is 2.38. The maximum atomic E-state index is 14.1. The minimum Gasteiger partial charge on any atom is -0.503 e. The first-order chi connectivity index (χ1) is 16.2. The van der Waals surface area contributed by atoms with E-state index in [2.05, 4.69) is 5.32 Å². The molecule has 0 fully saturated rings. The molecule has 2 aliphatic rings. The number of aryl methyl sites for hydroxylation is 2. The number of carbonyl (C=O) groups is 2. The lowest BCUT2D eigenvalue weighted by Crippen LogP contribution is -2.44. The fourth-order valence-corrected chi connectivity index (χ4v) is 4.83. The SMILES string of the molecule is Cc1ccc(CNC(=O)c2cn3c(c(O)c2=O)C(=O)N2CC3CCc3cc(Cl)ccc32)c(F)c1. The summed E-state index contributed by atoms with van der Waals surface area (Å²) in [5.74, 6) is -2.51. The predicted molar refractivity (Wildman–Crippen MR) is 125 cm³/mol. The number of benzene rings is 2. The Hall–Kier alpha value is -3.65. The van der Waals surface area contributed by atoms with Crippen LogP contribution in [0.3, 0.4) is 0 Å². The van der Waals surface area contributed by atoms with Crippen LogP contribution >= 0.6 is 11.6 Å². The quantitative estimate of drug-likeness (QED) is 0.596. The van der Waals surface area contributed by atoms with Gasteiger partial charge in [-0.1, -0.05) is 23.7 Å². The van der Waals surface area contributed by atoms with Crippen LogP contribution in [0.15, 0.2) is 47.4 Å². The van der Waals surface area contributed by atoms with Crippen molar-refractivity contribution in [3.8, 4) is 5.75 Å². The van der Waals surface area contributed by atoms with Gasteiger partial charge in [0.1, 0.15) is 11.4 Å². The van der Waals surface area contributed by atoms with Gasteiger partial charge in [-0.3, -0.25) is 14.4 Å². The molecule has 1 atom stereocenters. The van der Waals surface area contributed by atoms with E-state index in [0.717, 1.165) is 11.1 Å². The van der Waals surface area contributed by atoms with E-state index in [1.54, 1.807) is 31.2 Å². The Morgan fingerprint density at radius 1 is 1.24 bits per heavy atom. The van der Waals surface area contributed by atoms with Crippen LogP contribution in [0.2, 0.25) is 5.02 Å². The first kappa shape index (κ1) is 22.2. The van der Waals surface area contributed by atoms with Gasteiger partial charge in [-0.05, 0) is 55.2 Å². The molecule has 34 heavy (non-hydrogen) atoms. The molecule has 174 valence electrons. The highest BCUT2D eigenvalue weighted by Gasteiger charge is 2.38. The van der Waals surface area contributed by atoms with E-state index in [1.807, 2.05) is 6.07 Å². The fraction of sp³-hybridized carbons (Fsp3) is 0.240. The normalized spacial score (nSPS) is 16.5. The molecule has 2 aliphatic heterocycles. The molecule has 1 unspecified atom stereocenters. The minimum absolute atomic E-state index is 0.126. The summed E-state index contributed by atoms with van der Waals surface area (Å²) in [7, 11) is 0. The monoisotopic (exact) mass is 481 g/mol. The van der Waals surface area contributed by atoms with Crippen LogP contribution in [0.25, 0.3) is 0 Å². The molecule has 2 aromatic carbocycles. The van der Waals surface area contributed by atoms with E-state index < -0.39 is 28.8 Å². The molecule has 0 saturated heterocycles. The van der Waals surface area contributed by atoms with Crippen molar-refractivity contribution in [2.75, 3.05) is 11.4 Å². The number of aromatic nitrogens is 1. The lowest BCUT2D eigenvalue weighted by Gasteiger charge is -2.35. The summed E-state index contributed by atoms with van der Waals surface area (Å²) in [5, 5.41) is 13.8. The van der Waals surface area contributed by atoms with Gasteiger partial charge in [0.05, 0.1) is 6.04 Å². The zero-order chi connectivity index (χ0) is 24.1. The summed E-state index contributed by atoms with van der Waals surface area (Å²) in [5.41, 5.74) is 1.21. The third-order valence-corrected chi connectivity index (χ3v) is 6.65. The Kier molecular flexibility index (Phi) is 5.40. The number of hydrogen-bond donors (Lipinski definition) is 2. The van der Waals surface area contributed by atoms with Gasteiger partial charge < -0.3 is 19.9 Å². The smallest absolute Gasteiger partial charge is 0.279 e. The number of nitrogens with zero attached hydrogens (tertiary/aromatic N) is 2. The Labute approximate surface area is 199 Å². The van der Waals surface area contributed by atoms with Crippen molar-refractivity contribution in [2.24, 2.45) is 0 Å². The lowest BCUT2D eigenvalue weighted by atomic mass is 10.0. The molecule has 9 heteroatoms. The third-order valence-electron chi connectivity index (χ3n) is 6.42. The van der Waals surface area contributed by atoms with Crippen LogP contribution in [0, 0.1) is 12.7 Å². The highest BCUT2D eigenvalue weighted by atomic mass is 35.5. The maximum absolute atomic E-state index is 14.1. The average Bonchev–Trinajstić information content (AvgIpc) is 2.96. The van der Waals surface area contributed by atoms with E-state index in [9.17, 15) is 23.9 Å². The number of amides is 2. The third kappa shape index (κ3) is 3.64. The van der Waals surface area contributed by atoms with Crippen LogP contribution in [-0.2, 0) is 13.0 Å². The first-order valence-corrected chi connectivity index (χ1v) is 11.2. The van der Waals surface area contributed by atoms with Crippen LogP contribution in [0.4, 0.5) is 10.1 Å². The second-order valence-corrected chi connectivity index (χ2v) is 9.07. The summed E-state index contributed by atoms with van der Waals surface area (Å²) in [6.07, 6.45) is 2.56. The number of pyridine rings is 1. The van der Waals surface area contributed by atoms with Gasteiger partial charge in [-0.15, -0.1) is 0 Å². The Balaban J connectivity index is 1.50. The summed E-state index contributed by atoms with van der Waals surface area (Å²) in [6, 6.07) is 9.64. The maximum Gasteiger partial charge on any atom is 0.279 e. The molecule has 7 nitrogen and oxygen atoms in total. The fourth-order valence-electron chi connectivity index (χ4n) is 4.63. The van der Waals surface area contributed by atoms with Crippen molar-refractivity contribution in [3.05, 3.63) is 91.6 Å². The minimum atomic E-state index is -0.947. The van der Waals surface area contributed by atoms with E-state index >= 15 is 0 Å². The molecule has 0 saturated carbocycles. The average molecular weight is 482 g/mol. The molecular formula is C25H21ClFN3O4. The molecule has 3 heterocycles. The van der Waals surface area contributed by atoms with Crippen molar-refractivity contribution in [1.29, 1.82) is 0 Å². The number of hydrogen-bond acceptors (Lipinski definition) is 4. The second kappa shape index (κ2) is 8.29. The zero-order valence-corrected chi connectivity index (χ0v) is 19.0. The number of anilines is 1. The van der Waals surface area contributed by atoms with Crippen molar-refractivity contribution >= 4 is 29.1 Å². The summed E-state index contributed by atoms with van der Waals surface area (Å²) < 4.78 is 15.6. The van der Waals surface area contributed by atoms with Crippen molar-refractivity contribution in [3.63, 3.8) is 0 Å². The molecule has 0 radical (unpaired) electrons. The standard InChI is InChI=1S/C25H21ClFN3O4/c1-13-2-3-15(19(27)8-13)10-28-24(33)18-12-29-17-6-4-14-9-16(26)5-7-20(14)30(11-17)25(34)21(29)23(32)22(18)31/h2-3,5,7-9,12,17,32H,4,6,10-11H2,1H3,(H,28,33). The molecule has 2 N–H and O–H groups in total. The topological polar surface area (TPSA) is 91.6 Å². The van der Waals surface area contributed by atoms with Crippen LogP contribution in [0.1, 0.15) is 50.0 Å². The second-order valence-electron chi connectivity index (χ2n) is 8.64. The zero-order valence-electron chi connectivity index (χ0n) is 18.3. The Morgan fingerprint density at radius 2 is 2.03 bits per heavy atom. The van der Waals surface area contributed by atoms with E-state index in [4.69, 9.17) is 11.6 Å². The summed E-state index contributed by atoms with van der Waals surface area (Å²) >= 11 is 6.13. The lowest BCUT2D eigenvalue weighted by molar-refractivity contribution is 0.0929. The van der Waals surface area contributed by atoms with Crippen molar-refractivity contribution < 1.29 is 19.1 Å². The summed E-state index contributed by atoms with van der Waals surface area (Å²) in [4.78, 5) is 40.5. The molecule has 2 amide bonds. The predicted octanol–water partition coefficient (Wildman–Crippen LogP) is 3.73. The molecule has 3 aromatic rings. The van der Waals surface area contributed by atoms with Gasteiger partial charge in [0.2, 0.25) is 5.43 Å². The van der Waals surface area contributed by atoms with Crippen LogP contribution in [-0.4, -0.2) is 28.0 Å². The number of nitrogens with one attached hydrogen (secondary N) is 1. The number of rotatable bonds is 3. The Bertz CT molecular complexity index is 1420. The van der Waals surface area contributed by atoms with Crippen LogP contribution < -0.4 is 15.6 Å². The van der Waals surface area contributed by atoms with Crippen molar-refractivity contribution in [2.45, 2.75) is 32.4 Å². The van der Waals surface area contributed by atoms with Crippen LogP contribution in [0.5, 0.6) is 5.75 Å². The summed E-state index contributed by atoms with van der Waals surface area (Å²) in [6.45, 7) is 1.96. The van der Waals surface area contributed by atoms with E-state index in [0.29, 0.717) is 30.1 Å². The number of carbonyl (C=O) groups excluding carboxylic acids is 2. The van der Waals surface area contributed by atoms with Crippen molar-refractivity contribution in [1.82, 2.24) is 9.88 Å². The molecule has 1 aromatic heterocycles. The van der Waals surface area contributed by atoms with Gasteiger partial charge >= 0.3 is 0 Å². The molecule has 2 bridgehead atoms. The van der Waals surface area contributed by atoms with E-state index in [1.165, 1.54) is 21.7 Å². The molecular weight excluding hydrogens is 461 g/mol. The van der Waals surface area contributed by atoms with Gasteiger partial charge in [0, 0.05) is 35.6 Å². The molecule has 5 rings (SSSR count). The largest absolute Gasteiger partial charge is 0.503 e. The number of fused-ring (bicyclic) bond motifs is 6. The first-order valence-electron chi connectivity index (χ1n) is 10.9. The Morgan fingerprint density at radius 3 is 2.79 bits per heavy atom. The molecule has 0 spiro atoms. The van der Waals surface area contributed by atoms with Gasteiger partial charge in [-0.2, -0.15) is 0 Å². The van der Waals surface area contributed by atoms with Gasteiger partial charge in [0.15, 0.2) is 11.4 Å². The number of aromatic hydroxyl groups is 1. The molecule has 0 aliphatic carbocycles. The van der Waals surface area contributed by atoms with Gasteiger partial charge in [0.25, 0.3) is 11.8 Å². The number of halogens is 2. The highest BCUT2D eigenvalue weighted by molar-refractivity contribution is 6.30. The van der Waals surface area contributed by atoms with E-state index in [-0.39, 0.29) is 29.4 Å². The van der Waals surface area contributed by atoms with Gasteiger partial charge in [-0.25, -0.2) is 4.39 Å².